The van der Waals surface area contributed by atoms with Crippen LogP contribution in [-0.4, -0.2) is 77.2 Å². The number of aryl methyl sites for hydroxylation is 1. The minimum Gasteiger partial charge on any atom is -0.496 e. The number of para-hydroxylation sites is 1. The molecule has 0 saturated carbocycles. The molecular weight excluding hydrogens is 721 g/mol. The summed E-state index contributed by atoms with van der Waals surface area (Å²) in [6, 6.07) is 28.4. The van der Waals surface area contributed by atoms with Crippen molar-refractivity contribution in [2.45, 2.75) is 75.1 Å². The fourth-order valence-electron chi connectivity index (χ4n) is 7.25. The third kappa shape index (κ3) is 10.2. The van der Waals surface area contributed by atoms with Crippen LogP contribution in [0, 0.1) is 6.92 Å². The number of nitrogens with one attached hydrogen (secondary N) is 1. The molecule has 6 rings (SSSR count). The quantitative estimate of drug-likeness (QED) is 0.0802. The Kier molecular flexibility index (Phi) is 13.0. The van der Waals surface area contributed by atoms with Crippen LogP contribution < -0.4 is 14.8 Å². The maximum absolute atomic E-state index is 13.1. The average molecular weight is 773 g/mol. The van der Waals surface area contributed by atoms with Gasteiger partial charge in [-0.2, -0.15) is 8.42 Å². The lowest BCUT2D eigenvalue weighted by Crippen LogP contribution is -2.46. The molecule has 55 heavy (non-hydrogen) atoms. The Morgan fingerprint density at radius 1 is 0.982 bits per heavy atom. The van der Waals surface area contributed by atoms with Crippen molar-refractivity contribution < 1.29 is 41.4 Å². The molecule has 1 saturated heterocycles. The Morgan fingerprint density at radius 2 is 1.75 bits per heavy atom. The van der Waals surface area contributed by atoms with E-state index >= 15 is 0 Å². The van der Waals surface area contributed by atoms with Gasteiger partial charge in [-0.25, -0.2) is 4.79 Å². The summed E-state index contributed by atoms with van der Waals surface area (Å²) in [6.45, 7) is 8.98. The Hall–Kier alpha value is -4.62. The molecule has 1 amide bonds. The normalized spacial score (nSPS) is 18.3. The summed E-state index contributed by atoms with van der Waals surface area (Å²) < 4.78 is 55.8. The summed E-state index contributed by atoms with van der Waals surface area (Å²) in [7, 11) is -2.35. The van der Waals surface area contributed by atoms with E-state index in [0.717, 1.165) is 46.0 Å². The van der Waals surface area contributed by atoms with E-state index in [1.807, 2.05) is 61.5 Å². The fourth-order valence-corrected chi connectivity index (χ4v) is 8.17. The molecule has 4 aromatic rings. The third-order valence-electron chi connectivity index (χ3n) is 10.4. The summed E-state index contributed by atoms with van der Waals surface area (Å²) in [4.78, 5) is 13.7. The first-order chi connectivity index (χ1) is 26.4. The van der Waals surface area contributed by atoms with Crippen LogP contribution in [0.5, 0.6) is 11.5 Å². The van der Waals surface area contributed by atoms with E-state index in [1.54, 1.807) is 19.2 Å². The minimum absolute atomic E-state index is 0.0352. The number of likely N-dealkylation sites (tertiary alicyclic amines) is 1. The summed E-state index contributed by atoms with van der Waals surface area (Å²) in [5, 5.41) is 13.5. The molecule has 0 radical (unpaired) electrons. The first-order valence-electron chi connectivity index (χ1n) is 18.8. The largest absolute Gasteiger partial charge is 0.496 e. The second kappa shape index (κ2) is 17.9. The molecule has 1 fully saturated rings. The van der Waals surface area contributed by atoms with Crippen LogP contribution in [0.1, 0.15) is 72.9 Å². The number of carbonyl (C=O) groups is 1. The molecule has 3 unspecified atom stereocenters. The second-order valence-electron chi connectivity index (χ2n) is 14.8. The molecule has 0 aromatic heterocycles. The molecule has 0 bridgehead atoms. The van der Waals surface area contributed by atoms with Crippen LogP contribution in [-0.2, 0) is 35.8 Å². The van der Waals surface area contributed by atoms with E-state index in [0.29, 0.717) is 39.2 Å². The number of rotatable bonds is 17. The summed E-state index contributed by atoms with van der Waals surface area (Å²) in [6.07, 6.45) is -0.569. The minimum atomic E-state index is -3.99. The van der Waals surface area contributed by atoms with Gasteiger partial charge in [0.1, 0.15) is 11.5 Å². The van der Waals surface area contributed by atoms with Gasteiger partial charge in [0, 0.05) is 48.5 Å². The van der Waals surface area contributed by atoms with E-state index in [-0.39, 0.29) is 35.8 Å². The number of carboxylic acid groups (broad SMARTS) is 1. The van der Waals surface area contributed by atoms with Gasteiger partial charge in [-0.05, 0) is 66.4 Å². The number of fused-ring (bicyclic) bond motifs is 1. The molecule has 12 heteroatoms. The predicted molar refractivity (Wildman–Crippen MR) is 211 cm³/mol. The Morgan fingerprint density at radius 3 is 2.49 bits per heavy atom. The van der Waals surface area contributed by atoms with Crippen LogP contribution in [0.4, 0.5) is 10.5 Å². The number of amides is 1. The average Bonchev–Trinajstić information content (AvgIpc) is 3.49. The van der Waals surface area contributed by atoms with Crippen molar-refractivity contribution in [3.05, 3.63) is 119 Å². The maximum atomic E-state index is 13.1. The monoisotopic (exact) mass is 772 g/mol. The number of benzene rings is 4. The third-order valence-corrected chi connectivity index (χ3v) is 11.7. The van der Waals surface area contributed by atoms with Crippen molar-refractivity contribution in [2.75, 3.05) is 51.9 Å². The Balaban J connectivity index is 1.13. The van der Waals surface area contributed by atoms with Crippen molar-refractivity contribution in [2.24, 2.45) is 0 Å². The standard InChI is InChI=1S/C43H52N2O9S/c1-30-10-17-35(18-11-30)55(48,49)53-25-21-40(32-14-19-37-38(26-32)44-29-43(37,2)3)54-41-27-45(42(46)47)22-20-36(41)31-12-15-34(16-13-31)52-24-7-23-51-28-33-8-5-6-9-39(33)50-4/h5-6,8-19,26,36,40-41,44H,7,20-25,27-29H2,1-4H3,(H,46,47). The van der Waals surface area contributed by atoms with Crippen molar-refractivity contribution in [1.29, 1.82) is 0 Å². The number of ether oxygens (including phenoxy) is 4. The van der Waals surface area contributed by atoms with Gasteiger partial charge in [-0.1, -0.05) is 74.0 Å². The van der Waals surface area contributed by atoms with Gasteiger partial charge in [0.25, 0.3) is 10.1 Å². The molecule has 2 aliphatic rings. The molecule has 3 atom stereocenters. The van der Waals surface area contributed by atoms with E-state index in [9.17, 15) is 18.3 Å². The number of nitrogens with zero attached hydrogens (tertiary/aromatic N) is 1. The van der Waals surface area contributed by atoms with Gasteiger partial charge in [-0.15, -0.1) is 0 Å². The highest BCUT2D eigenvalue weighted by atomic mass is 32.2. The van der Waals surface area contributed by atoms with Gasteiger partial charge in [0.15, 0.2) is 0 Å². The Labute approximate surface area is 324 Å². The van der Waals surface area contributed by atoms with Crippen LogP contribution in [0.2, 0.25) is 0 Å². The van der Waals surface area contributed by atoms with Gasteiger partial charge in [-0.3, -0.25) is 4.18 Å². The fraction of sp³-hybridized carbons (Fsp3) is 0.419. The zero-order valence-corrected chi connectivity index (χ0v) is 32.8. The van der Waals surface area contributed by atoms with Gasteiger partial charge >= 0.3 is 6.09 Å². The van der Waals surface area contributed by atoms with Crippen molar-refractivity contribution >= 4 is 21.9 Å². The molecule has 294 valence electrons. The molecule has 4 aromatic carbocycles. The lowest BCUT2D eigenvalue weighted by Gasteiger charge is -2.39. The van der Waals surface area contributed by atoms with Crippen LogP contribution in [0.3, 0.4) is 0 Å². The smallest absolute Gasteiger partial charge is 0.407 e. The zero-order chi connectivity index (χ0) is 39.0. The maximum Gasteiger partial charge on any atom is 0.407 e. The SMILES string of the molecule is COc1ccccc1COCCCOc1ccc(C2CCN(C(=O)O)CC2OC(CCOS(=O)(=O)c2ccc(C)cc2)c2ccc3c(c2)NCC3(C)C)cc1. The first-order valence-corrected chi connectivity index (χ1v) is 20.2. The number of piperidine rings is 1. The van der Waals surface area contributed by atoms with Gasteiger partial charge in [0.05, 0.1) is 57.2 Å². The second-order valence-corrected chi connectivity index (χ2v) is 16.5. The summed E-state index contributed by atoms with van der Waals surface area (Å²) in [5.74, 6) is 1.42. The lowest BCUT2D eigenvalue weighted by molar-refractivity contribution is -0.0634. The Bertz CT molecular complexity index is 2000. The van der Waals surface area contributed by atoms with Crippen molar-refractivity contribution in [3.8, 4) is 11.5 Å². The number of anilines is 1. The topological polar surface area (TPSA) is 133 Å². The summed E-state index contributed by atoms with van der Waals surface area (Å²) in [5.41, 5.74) is 5.99. The molecule has 11 nitrogen and oxygen atoms in total. The number of hydrogen-bond donors (Lipinski definition) is 2. The lowest BCUT2D eigenvalue weighted by atomic mass is 9.85. The molecule has 0 spiro atoms. The van der Waals surface area contributed by atoms with Crippen molar-refractivity contribution in [1.82, 2.24) is 4.90 Å². The highest BCUT2D eigenvalue weighted by Gasteiger charge is 2.36. The highest BCUT2D eigenvalue weighted by Crippen LogP contribution is 2.40. The predicted octanol–water partition coefficient (Wildman–Crippen LogP) is 8.08. The highest BCUT2D eigenvalue weighted by molar-refractivity contribution is 7.86. The van der Waals surface area contributed by atoms with Gasteiger partial charge in [0.2, 0.25) is 0 Å². The zero-order valence-electron chi connectivity index (χ0n) is 32.0. The first kappa shape index (κ1) is 40.1. The molecule has 2 aliphatic heterocycles. The van der Waals surface area contributed by atoms with E-state index in [1.165, 1.54) is 22.6 Å². The van der Waals surface area contributed by atoms with E-state index in [4.69, 9.17) is 23.1 Å². The van der Waals surface area contributed by atoms with Crippen molar-refractivity contribution in [3.63, 3.8) is 0 Å². The van der Waals surface area contributed by atoms with Crippen LogP contribution in [0.15, 0.2) is 95.9 Å². The van der Waals surface area contributed by atoms with Gasteiger partial charge < -0.3 is 34.3 Å². The summed E-state index contributed by atoms with van der Waals surface area (Å²) >= 11 is 0. The molecule has 0 aliphatic carbocycles. The van der Waals surface area contributed by atoms with Crippen LogP contribution in [0.25, 0.3) is 0 Å². The molecule has 2 N–H and O–H groups in total. The molecule has 2 heterocycles. The van der Waals surface area contributed by atoms with E-state index < -0.39 is 28.4 Å². The number of methoxy groups -OCH3 is 1. The van der Waals surface area contributed by atoms with E-state index in [2.05, 4.69) is 31.3 Å². The number of hydrogen-bond acceptors (Lipinski definition) is 9. The molecular formula is C43H52N2O9S. The van der Waals surface area contributed by atoms with Crippen LogP contribution >= 0.6 is 0 Å².